The molecular formula is C20H18ClN5O3. The van der Waals surface area contributed by atoms with Gasteiger partial charge in [0.05, 0.1) is 35.5 Å². The Hall–Kier alpha value is -3.65. The maximum absolute atomic E-state index is 11.8. The molecule has 0 aliphatic heterocycles. The molecule has 0 aliphatic carbocycles. The van der Waals surface area contributed by atoms with Crippen LogP contribution >= 0.6 is 11.6 Å². The molecule has 0 saturated heterocycles. The Labute approximate surface area is 172 Å². The summed E-state index contributed by atoms with van der Waals surface area (Å²) >= 11 is 6.18. The van der Waals surface area contributed by atoms with E-state index in [1.54, 1.807) is 42.6 Å². The van der Waals surface area contributed by atoms with Crippen molar-refractivity contribution in [2.45, 2.75) is 6.42 Å². The van der Waals surface area contributed by atoms with Gasteiger partial charge < -0.3 is 21.1 Å². The second-order valence-electron chi connectivity index (χ2n) is 6.01. The van der Waals surface area contributed by atoms with Gasteiger partial charge in [0.2, 0.25) is 0 Å². The Morgan fingerprint density at radius 3 is 2.45 bits per heavy atom. The van der Waals surface area contributed by atoms with Crippen LogP contribution in [0, 0.1) is 0 Å². The molecule has 2 heterocycles. The van der Waals surface area contributed by atoms with E-state index < -0.39 is 5.91 Å². The molecule has 1 aromatic carbocycles. The zero-order valence-corrected chi connectivity index (χ0v) is 16.2. The summed E-state index contributed by atoms with van der Waals surface area (Å²) in [7, 11) is 1.33. The van der Waals surface area contributed by atoms with Crippen molar-refractivity contribution in [1.82, 2.24) is 9.97 Å². The Kier molecular flexibility index (Phi) is 6.25. The van der Waals surface area contributed by atoms with Gasteiger partial charge in [-0.05, 0) is 23.8 Å². The van der Waals surface area contributed by atoms with Gasteiger partial charge in [0, 0.05) is 18.5 Å². The van der Waals surface area contributed by atoms with E-state index in [2.05, 4.69) is 25.3 Å². The number of carbonyl (C=O) groups excluding carboxylic acids is 2. The molecule has 3 aromatic rings. The first-order chi connectivity index (χ1) is 14.0. The molecule has 9 heteroatoms. The van der Waals surface area contributed by atoms with Crippen LogP contribution in [0.1, 0.15) is 15.9 Å². The van der Waals surface area contributed by atoms with E-state index in [1.165, 1.54) is 13.3 Å². The molecular weight excluding hydrogens is 394 g/mol. The number of nitrogens with two attached hydrogens (primary N) is 1. The molecule has 1 amide bonds. The fourth-order valence-electron chi connectivity index (χ4n) is 2.50. The average molecular weight is 412 g/mol. The molecule has 0 fully saturated rings. The van der Waals surface area contributed by atoms with Crippen molar-refractivity contribution in [3.05, 3.63) is 71.0 Å². The summed E-state index contributed by atoms with van der Waals surface area (Å²) in [5.74, 6) is -0.00481. The number of hydrogen-bond donors (Lipinski definition) is 3. The van der Waals surface area contributed by atoms with Gasteiger partial charge in [0.25, 0.3) is 5.91 Å². The molecule has 0 spiro atoms. The van der Waals surface area contributed by atoms with E-state index in [0.29, 0.717) is 28.0 Å². The number of primary amides is 1. The van der Waals surface area contributed by atoms with Crippen LogP contribution in [0.15, 0.2) is 54.9 Å². The smallest absolute Gasteiger partial charge is 0.310 e. The van der Waals surface area contributed by atoms with Crippen LogP contribution in [0.5, 0.6) is 0 Å². The molecule has 0 unspecified atom stereocenters. The highest BCUT2D eigenvalue weighted by Crippen LogP contribution is 2.28. The highest BCUT2D eigenvalue weighted by atomic mass is 35.5. The Morgan fingerprint density at radius 1 is 1.03 bits per heavy atom. The molecule has 148 valence electrons. The highest BCUT2D eigenvalue weighted by Gasteiger charge is 2.12. The Balaban J connectivity index is 1.82. The predicted octanol–water partition coefficient (Wildman–Crippen LogP) is 3.43. The number of amides is 1. The van der Waals surface area contributed by atoms with E-state index in [0.717, 1.165) is 5.56 Å². The lowest BCUT2D eigenvalue weighted by Gasteiger charge is -2.13. The number of nitrogens with one attached hydrogen (secondary N) is 2. The molecule has 2 aromatic heterocycles. The number of esters is 1. The number of aromatic nitrogens is 2. The maximum Gasteiger partial charge on any atom is 0.310 e. The third-order valence-electron chi connectivity index (χ3n) is 3.97. The quantitative estimate of drug-likeness (QED) is 0.509. The standard InChI is InChI=1S/C20H18ClN5O3/c1-29-19(27)8-12-6-7-17(23-10-12)26-18-9-16(13(11-24-18)20(22)28)25-15-5-3-2-4-14(15)21/h2-7,9-11H,8H2,1H3,(H2,22,28)(H2,23,24,25,26). The summed E-state index contributed by atoms with van der Waals surface area (Å²) in [4.78, 5) is 31.5. The monoisotopic (exact) mass is 411 g/mol. The number of methoxy groups -OCH3 is 1. The number of para-hydroxylation sites is 1. The van der Waals surface area contributed by atoms with E-state index in [9.17, 15) is 9.59 Å². The number of rotatable bonds is 7. The lowest BCUT2D eigenvalue weighted by molar-refractivity contribution is -0.139. The van der Waals surface area contributed by atoms with Crippen LogP contribution < -0.4 is 16.4 Å². The van der Waals surface area contributed by atoms with Gasteiger partial charge in [-0.25, -0.2) is 9.97 Å². The molecule has 4 N–H and O–H groups in total. The largest absolute Gasteiger partial charge is 0.469 e. The van der Waals surface area contributed by atoms with Crippen molar-refractivity contribution in [2.24, 2.45) is 5.73 Å². The first kappa shape index (κ1) is 20.1. The summed E-state index contributed by atoms with van der Waals surface area (Å²) in [6, 6.07) is 12.2. The summed E-state index contributed by atoms with van der Waals surface area (Å²) in [6.07, 6.45) is 3.08. The number of anilines is 4. The van der Waals surface area contributed by atoms with E-state index >= 15 is 0 Å². The van der Waals surface area contributed by atoms with Crippen LogP contribution in [-0.2, 0) is 16.0 Å². The molecule has 8 nitrogen and oxygen atoms in total. The van der Waals surface area contributed by atoms with Crippen molar-refractivity contribution in [3.8, 4) is 0 Å². The minimum absolute atomic E-state index is 0.140. The summed E-state index contributed by atoms with van der Waals surface area (Å²) in [6.45, 7) is 0. The SMILES string of the molecule is COC(=O)Cc1ccc(Nc2cc(Nc3ccccc3Cl)c(C(N)=O)cn2)nc1. The molecule has 3 rings (SSSR count). The minimum Gasteiger partial charge on any atom is -0.469 e. The topological polar surface area (TPSA) is 119 Å². The molecule has 0 atom stereocenters. The summed E-state index contributed by atoms with van der Waals surface area (Å²) in [5.41, 5.74) is 7.47. The van der Waals surface area contributed by atoms with Gasteiger partial charge in [-0.15, -0.1) is 0 Å². The van der Waals surface area contributed by atoms with Crippen molar-refractivity contribution in [2.75, 3.05) is 17.7 Å². The number of pyridine rings is 2. The highest BCUT2D eigenvalue weighted by molar-refractivity contribution is 6.33. The van der Waals surface area contributed by atoms with Gasteiger partial charge in [0.15, 0.2) is 0 Å². The molecule has 0 saturated carbocycles. The third-order valence-corrected chi connectivity index (χ3v) is 4.30. The van der Waals surface area contributed by atoms with Crippen LogP contribution in [-0.4, -0.2) is 29.0 Å². The normalized spacial score (nSPS) is 10.3. The fourth-order valence-corrected chi connectivity index (χ4v) is 2.69. The van der Waals surface area contributed by atoms with Crippen molar-refractivity contribution in [1.29, 1.82) is 0 Å². The van der Waals surface area contributed by atoms with Crippen LogP contribution in [0.2, 0.25) is 5.02 Å². The number of carbonyl (C=O) groups is 2. The third kappa shape index (κ3) is 5.20. The molecule has 29 heavy (non-hydrogen) atoms. The van der Waals surface area contributed by atoms with Gasteiger partial charge in [-0.2, -0.15) is 0 Å². The number of ether oxygens (including phenoxy) is 1. The van der Waals surface area contributed by atoms with E-state index in [-0.39, 0.29) is 18.0 Å². The summed E-state index contributed by atoms with van der Waals surface area (Å²) < 4.78 is 4.63. The van der Waals surface area contributed by atoms with Crippen molar-refractivity contribution >= 4 is 46.5 Å². The lowest BCUT2D eigenvalue weighted by Crippen LogP contribution is -2.14. The molecule has 0 aliphatic rings. The van der Waals surface area contributed by atoms with Crippen LogP contribution in [0.25, 0.3) is 0 Å². The van der Waals surface area contributed by atoms with Gasteiger partial charge in [0.1, 0.15) is 11.6 Å². The number of halogens is 1. The second-order valence-corrected chi connectivity index (χ2v) is 6.42. The molecule has 0 bridgehead atoms. The van der Waals surface area contributed by atoms with Crippen LogP contribution in [0.3, 0.4) is 0 Å². The van der Waals surface area contributed by atoms with Crippen LogP contribution in [0.4, 0.5) is 23.0 Å². The molecule has 0 radical (unpaired) electrons. The van der Waals surface area contributed by atoms with E-state index in [1.807, 2.05) is 6.07 Å². The zero-order valence-electron chi connectivity index (χ0n) is 15.5. The zero-order chi connectivity index (χ0) is 20.8. The Morgan fingerprint density at radius 2 is 1.79 bits per heavy atom. The lowest BCUT2D eigenvalue weighted by atomic mass is 10.2. The predicted molar refractivity (Wildman–Crippen MR) is 111 cm³/mol. The Bertz CT molecular complexity index is 1040. The fraction of sp³-hybridized carbons (Fsp3) is 0.100. The average Bonchev–Trinajstić information content (AvgIpc) is 2.71. The second kappa shape index (κ2) is 9.03. The first-order valence-electron chi connectivity index (χ1n) is 8.56. The number of benzene rings is 1. The van der Waals surface area contributed by atoms with Gasteiger partial charge in [-0.3, -0.25) is 9.59 Å². The minimum atomic E-state index is -0.621. The van der Waals surface area contributed by atoms with Crippen molar-refractivity contribution in [3.63, 3.8) is 0 Å². The van der Waals surface area contributed by atoms with Crippen molar-refractivity contribution < 1.29 is 14.3 Å². The van der Waals surface area contributed by atoms with Gasteiger partial charge >= 0.3 is 5.97 Å². The summed E-state index contributed by atoms with van der Waals surface area (Å²) in [5, 5.41) is 6.64. The number of hydrogen-bond acceptors (Lipinski definition) is 7. The van der Waals surface area contributed by atoms with Gasteiger partial charge in [-0.1, -0.05) is 29.8 Å². The first-order valence-corrected chi connectivity index (χ1v) is 8.94. The maximum atomic E-state index is 11.8. The number of nitrogens with zero attached hydrogens (tertiary/aromatic N) is 2. The van der Waals surface area contributed by atoms with E-state index in [4.69, 9.17) is 17.3 Å².